The van der Waals surface area contributed by atoms with Crippen LogP contribution in [-0.4, -0.2) is 24.8 Å². The maximum atomic E-state index is 13.6. The van der Waals surface area contributed by atoms with E-state index in [-0.39, 0.29) is 17.6 Å². The number of nitrogens with zero attached hydrogens (tertiary/aromatic N) is 1. The molecule has 4 rings (SSSR count). The van der Waals surface area contributed by atoms with E-state index in [0.717, 1.165) is 5.70 Å². The molecule has 1 heterocycles. The number of anilines is 2. The van der Waals surface area contributed by atoms with Crippen molar-refractivity contribution in [3.8, 4) is 5.75 Å². The van der Waals surface area contributed by atoms with Gasteiger partial charge in [0.2, 0.25) is 5.91 Å². The highest BCUT2D eigenvalue weighted by Gasteiger charge is 2.43. The summed E-state index contributed by atoms with van der Waals surface area (Å²) in [5.74, 6) is -1.20. The smallest absolute Gasteiger partial charge is 0.228 e. The fourth-order valence-corrected chi connectivity index (χ4v) is 4.78. The van der Waals surface area contributed by atoms with E-state index in [1.165, 1.54) is 0 Å². The lowest BCUT2D eigenvalue weighted by atomic mass is 9.73. The van der Waals surface area contributed by atoms with Gasteiger partial charge >= 0.3 is 0 Å². The van der Waals surface area contributed by atoms with Crippen LogP contribution in [0.1, 0.15) is 51.1 Å². The van der Waals surface area contributed by atoms with Gasteiger partial charge in [-0.3, -0.25) is 14.5 Å². The molecule has 2 aromatic rings. The highest BCUT2D eigenvalue weighted by Crippen LogP contribution is 2.49. The van der Waals surface area contributed by atoms with E-state index in [1.54, 1.807) is 24.1 Å². The van der Waals surface area contributed by atoms with Crippen LogP contribution in [0.2, 0.25) is 0 Å². The molecule has 0 saturated carbocycles. The first-order valence-electron chi connectivity index (χ1n) is 11.0. The van der Waals surface area contributed by atoms with Gasteiger partial charge in [0, 0.05) is 35.6 Å². The zero-order valence-electron chi connectivity index (χ0n) is 19.0. The largest absolute Gasteiger partial charge is 0.550 e. The van der Waals surface area contributed by atoms with Gasteiger partial charge in [-0.2, -0.15) is 0 Å². The number of Topliss-reactive ketones (excluding diaryl/α,β-unsaturated/α-hetero) is 1. The monoisotopic (exact) mass is 447 g/mol. The number of methoxy groups -OCH3 is 1. The van der Waals surface area contributed by atoms with Crippen LogP contribution in [0.15, 0.2) is 59.8 Å². The van der Waals surface area contributed by atoms with E-state index < -0.39 is 24.3 Å². The van der Waals surface area contributed by atoms with Crippen molar-refractivity contribution in [2.24, 2.45) is 5.41 Å². The molecule has 1 N–H and O–H groups in total. The number of carbonyl (C=O) groups is 3. The van der Waals surface area contributed by atoms with Crippen LogP contribution in [0.5, 0.6) is 5.75 Å². The molecule has 1 atom stereocenters. The molecular formula is C26H27N2O5-. The van der Waals surface area contributed by atoms with Crippen LogP contribution in [0.25, 0.3) is 0 Å². The topological polar surface area (TPSA) is 98.8 Å². The van der Waals surface area contributed by atoms with E-state index >= 15 is 0 Å². The van der Waals surface area contributed by atoms with Crippen molar-refractivity contribution in [1.29, 1.82) is 0 Å². The molecule has 1 aliphatic heterocycles. The number of carboxylic acid groups (broad SMARTS) is 1. The number of carboxylic acids is 1. The highest BCUT2D eigenvalue weighted by atomic mass is 16.5. The average Bonchev–Trinajstić information content (AvgIpc) is 2.90. The molecule has 0 spiro atoms. The second-order valence-corrected chi connectivity index (χ2v) is 9.26. The number of benzene rings is 2. The Kier molecular flexibility index (Phi) is 5.97. The van der Waals surface area contributed by atoms with Crippen molar-refractivity contribution in [2.45, 2.75) is 45.6 Å². The number of aliphatic carboxylic acids is 1. The molecule has 0 bridgehead atoms. The van der Waals surface area contributed by atoms with E-state index in [0.29, 0.717) is 41.1 Å². The van der Waals surface area contributed by atoms with E-state index in [4.69, 9.17) is 4.74 Å². The summed E-state index contributed by atoms with van der Waals surface area (Å²) in [5, 5.41) is 14.6. The Bertz CT molecular complexity index is 1150. The normalized spacial score (nSPS) is 19.2. The fraction of sp³-hybridized carbons (Fsp3) is 0.346. The number of hydrogen-bond donors (Lipinski definition) is 1. The van der Waals surface area contributed by atoms with Gasteiger partial charge in [-0.05, 0) is 36.5 Å². The van der Waals surface area contributed by atoms with Gasteiger partial charge in [-0.25, -0.2) is 0 Å². The SMILES string of the molecule is COc1ccccc1C1C2=C(CC(C)(C)CC2=O)Nc2ccccc2N1C(=O)CCC(=O)[O-]. The average molecular weight is 448 g/mol. The molecule has 0 fully saturated rings. The summed E-state index contributed by atoms with van der Waals surface area (Å²) in [7, 11) is 1.55. The molecule has 172 valence electrons. The van der Waals surface area contributed by atoms with Crippen molar-refractivity contribution in [3.63, 3.8) is 0 Å². The van der Waals surface area contributed by atoms with E-state index in [1.807, 2.05) is 50.2 Å². The third kappa shape index (κ3) is 4.35. The lowest BCUT2D eigenvalue weighted by Crippen LogP contribution is -2.40. The number of nitrogens with one attached hydrogen (secondary N) is 1. The quantitative estimate of drug-likeness (QED) is 0.755. The summed E-state index contributed by atoms with van der Waals surface area (Å²) >= 11 is 0. The molecule has 2 aromatic carbocycles. The third-order valence-electron chi connectivity index (χ3n) is 6.15. The first-order valence-corrected chi connectivity index (χ1v) is 11.0. The third-order valence-corrected chi connectivity index (χ3v) is 6.15. The number of ether oxygens (including phenoxy) is 1. The van der Waals surface area contributed by atoms with Gasteiger partial charge in [0.05, 0.1) is 24.5 Å². The Balaban J connectivity index is 1.99. The van der Waals surface area contributed by atoms with Gasteiger partial charge in [0.1, 0.15) is 5.75 Å². The number of amides is 1. The summed E-state index contributed by atoms with van der Waals surface area (Å²) in [6, 6.07) is 13.9. The lowest BCUT2D eigenvalue weighted by molar-refractivity contribution is -0.305. The van der Waals surface area contributed by atoms with Gasteiger partial charge in [0.25, 0.3) is 0 Å². The van der Waals surface area contributed by atoms with Gasteiger partial charge < -0.3 is 20.0 Å². The molecule has 1 aliphatic carbocycles. The summed E-state index contributed by atoms with van der Waals surface area (Å²) in [6.45, 7) is 4.10. The van der Waals surface area contributed by atoms with Crippen molar-refractivity contribution < 1.29 is 24.2 Å². The van der Waals surface area contributed by atoms with E-state index in [2.05, 4.69) is 5.32 Å². The van der Waals surface area contributed by atoms with Crippen molar-refractivity contribution in [1.82, 2.24) is 0 Å². The maximum absolute atomic E-state index is 13.6. The number of para-hydroxylation sites is 3. The second kappa shape index (κ2) is 8.73. The number of hydrogen-bond acceptors (Lipinski definition) is 6. The summed E-state index contributed by atoms with van der Waals surface area (Å²) in [5.41, 5.74) is 2.98. The standard InChI is InChI=1S/C26H28N2O5/c1-26(2)14-18-24(20(29)15-26)25(16-8-4-7-11-21(16)33-3)28(22(30)12-13-23(31)32)19-10-6-5-9-17(19)27-18/h4-11,25,27H,12-15H2,1-3H3,(H,31,32)/p-1. The van der Waals surface area contributed by atoms with Crippen LogP contribution in [0.3, 0.4) is 0 Å². The second-order valence-electron chi connectivity index (χ2n) is 9.26. The Morgan fingerprint density at radius 3 is 2.52 bits per heavy atom. The Hall–Kier alpha value is -3.61. The Morgan fingerprint density at radius 1 is 1.09 bits per heavy atom. The molecule has 7 nitrogen and oxygen atoms in total. The highest BCUT2D eigenvalue weighted by molar-refractivity contribution is 6.06. The molecule has 7 heteroatoms. The van der Waals surface area contributed by atoms with Crippen LogP contribution in [0.4, 0.5) is 11.4 Å². The summed E-state index contributed by atoms with van der Waals surface area (Å²) in [4.78, 5) is 39.8. The minimum Gasteiger partial charge on any atom is -0.550 e. The Labute approximate surface area is 193 Å². The molecule has 2 aliphatic rings. The number of fused-ring (bicyclic) bond motifs is 1. The first kappa shape index (κ1) is 22.6. The summed E-state index contributed by atoms with van der Waals surface area (Å²) < 4.78 is 5.61. The van der Waals surface area contributed by atoms with Gasteiger partial charge in [0.15, 0.2) is 5.78 Å². The zero-order valence-corrected chi connectivity index (χ0v) is 19.0. The van der Waals surface area contributed by atoms with Crippen LogP contribution < -0.4 is 20.1 Å². The van der Waals surface area contributed by atoms with E-state index in [9.17, 15) is 19.5 Å². The molecular weight excluding hydrogens is 420 g/mol. The van der Waals surface area contributed by atoms with Crippen LogP contribution in [0, 0.1) is 5.41 Å². The number of carbonyl (C=O) groups excluding carboxylic acids is 3. The molecule has 1 unspecified atom stereocenters. The van der Waals surface area contributed by atoms with Gasteiger partial charge in [-0.15, -0.1) is 0 Å². The molecule has 33 heavy (non-hydrogen) atoms. The zero-order chi connectivity index (χ0) is 23.8. The molecule has 0 radical (unpaired) electrons. The molecule has 0 saturated heterocycles. The van der Waals surface area contributed by atoms with Crippen molar-refractivity contribution in [2.75, 3.05) is 17.3 Å². The van der Waals surface area contributed by atoms with Crippen LogP contribution >= 0.6 is 0 Å². The van der Waals surface area contributed by atoms with Gasteiger partial charge in [-0.1, -0.05) is 44.2 Å². The lowest BCUT2D eigenvalue weighted by Gasteiger charge is -2.37. The minimum atomic E-state index is -1.30. The van der Waals surface area contributed by atoms with Crippen molar-refractivity contribution >= 4 is 29.0 Å². The first-order chi connectivity index (χ1) is 15.7. The predicted octanol–water partition coefficient (Wildman–Crippen LogP) is 3.37. The fourth-order valence-electron chi connectivity index (χ4n) is 4.78. The number of ketones is 1. The minimum absolute atomic E-state index is 0.0461. The number of rotatable bonds is 5. The predicted molar refractivity (Wildman–Crippen MR) is 123 cm³/mol. The Morgan fingerprint density at radius 2 is 1.79 bits per heavy atom. The number of allylic oxidation sites excluding steroid dienone is 1. The maximum Gasteiger partial charge on any atom is 0.228 e. The molecule has 1 amide bonds. The van der Waals surface area contributed by atoms with Crippen molar-refractivity contribution in [3.05, 3.63) is 65.4 Å². The van der Waals surface area contributed by atoms with Crippen LogP contribution in [-0.2, 0) is 14.4 Å². The summed E-state index contributed by atoms with van der Waals surface area (Å²) in [6.07, 6.45) is 0.326. The molecule has 0 aromatic heterocycles.